The molecule has 5 nitrogen and oxygen atoms in total. The molecule has 0 aromatic heterocycles. The predicted octanol–water partition coefficient (Wildman–Crippen LogP) is 1.60. The second-order valence-corrected chi connectivity index (χ2v) is 6.86. The molecular formula is C13H21NO4S. The maximum Gasteiger partial charge on any atom is 0.319 e. The van der Waals surface area contributed by atoms with E-state index in [4.69, 9.17) is 4.74 Å². The van der Waals surface area contributed by atoms with Crippen molar-refractivity contribution < 1.29 is 19.1 Å². The number of likely N-dealkylation sites (tertiary alicyclic amines) is 1. The molecule has 19 heavy (non-hydrogen) atoms. The Morgan fingerprint density at radius 2 is 2.05 bits per heavy atom. The first-order chi connectivity index (χ1) is 8.70. The molecule has 0 N–H and O–H groups in total. The van der Waals surface area contributed by atoms with Crippen LogP contribution in [0.3, 0.4) is 0 Å². The van der Waals surface area contributed by atoms with Crippen molar-refractivity contribution in [1.82, 2.24) is 4.90 Å². The lowest BCUT2D eigenvalue weighted by molar-refractivity contribution is -0.153. The first-order valence-electron chi connectivity index (χ1n) is 6.38. The van der Waals surface area contributed by atoms with Crippen LogP contribution in [0.2, 0.25) is 0 Å². The average Bonchev–Trinajstić information content (AvgIpc) is 2.69. The van der Waals surface area contributed by atoms with E-state index in [1.54, 1.807) is 27.7 Å². The van der Waals surface area contributed by atoms with E-state index in [9.17, 15) is 14.4 Å². The first kappa shape index (κ1) is 16.0. The second-order valence-electron chi connectivity index (χ2n) is 5.53. The maximum atomic E-state index is 11.8. The largest absolute Gasteiger partial charge is 0.459 e. The van der Waals surface area contributed by atoms with Crippen molar-refractivity contribution in [2.45, 2.75) is 51.4 Å². The van der Waals surface area contributed by atoms with E-state index < -0.39 is 10.9 Å². The number of nitrogens with zero attached hydrogens (tertiary/aromatic N) is 1. The fraction of sp³-hybridized carbons (Fsp3) is 0.769. The van der Waals surface area contributed by atoms with Gasteiger partial charge in [-0.05, 0) is 34.1 Å². The molecule has 2 amide bonds. The van der Waals surface area contributed by atoms with Crippen LogP contribution in [0.4, 0.5) is 0 Å². The number of esters is 1. The summed E-state index contributed by atoms with van der Waals surface area (Å²) in [6, 6.07) is 0. The fourth-order valence-electron chi connectivity index (χ4n) is 1.64. The summed E-state index contributed by atoms with van der Waals surface area (Å²) in [6.07, 6.45) is 1.18. The number of rotatable bonds is 4. The highest BCUT2D eigenvalue weighted by Gasteiger charge is 2.28. The number of hydrogen-bond donors (Lipinski definition) is 0. The van der Waals surface area contributed by atoms with Crippen LogP contribution in [0, 0.1) is 0 Å². The average molecular weight is 287 g/mol. The van der Waals surface area contributed by atoms with Crippen LogP contribution < -0.4 is 0 Å². The van der Waals surface area contributed by atoms with Crippen LogP contribution in [0.1, 0.15) is 40.5 Å². The number of thioether (sulfide) groups is 1. The van der Waals surface area contributed by atoms with Gasteiger partial charge in [0.1, 0.15) is 10.9 Å². The van der Waals surface area contributed by atoms with Crippen molar-refractivity contribution in [1.29, 1.82) is 0 Å². The van der Waals surface area contributed by atoms with Crippen LogP contribution in [0.25, 0.3) is 0 Å². The summed E-state index contributed by atoms with van der Waals surface area (Å²) in [5.74, 6) is -0.539. The minimum atomic E-state index is -0.527. The summed E-state index contributed by atoms with van der Waals surface area (Å²) in [5, 5.41) is -0.416. The molecule has 0 aliphatic carbocycles. The van der Waals surface area contributed by atoms with Crippen LogP contribution in [0.5, 0.6) is 0 Å². The van der Waals surface area contributed by atoms with Crippen LogP contribution in [-0.4, -0.2) is 45.8 Å². The summed E-state index contributed by atoms with van der Waals surface area (Å²) in [4.78, 5) is 36.2. The number of carbonyl (C=O) groups is 3. The summed E-state index contributed by atoms with van der Waals surface area (Å²) in [6.45, 7) is 7.61. The maximum absolute atomic E-state index is 11.8. The highest BCUT2D eigenvalue weighted by atomic mass is 32.2. The van der Waals surface area contributed by atoms with E-state index in [1.807, 2.05) is 0 Å². The fourth-order valence-corrected chi connectivity index (χ4v) is 2.37. The minimum absolute atomic E-state index is 0.115. The number of imide groups is 1. The van der Waals surface area contributed by atoms with Crippen molar-refractivity contribution in [2.24, 2.45) is 0 Å². The van der Waals surface area contributed by atoms with E-state index in [1.165, 1.54) is 16.7 Å². The van der Waals surface area contributed by atoms with Gasteiger partial charge in [-0.2, -0.15) is 0 Å². The third kappa shape index (κ3) is 5.22. The number of hydrogen-bond acceptors (Lipinski definition) is 5. The molecule has 1 aliphatic heterocycles. The van der Waals surface area contributed by atoms with E-state index in [-0.39, 0.29) is 23.5 Å². The molecule has 1 saturated heterocycles. The van der Waals surface area contributed by atoms with Gasteiger partial charge in [-0.15, -0.1) is 11.8 Å². The molecule has 1 heterocycles. The Morgan fingerprint density at radius 3 is 2.53 bits per heavy atom. The third-order valence-corrected chi connectivity index (χ3v) is 3.68. The number of ether oxygens (including phenoxy) is 1. The summed E-state index contributed by atoms with van der Waals surface area (Å²) >= 11 is 1.20. The molecule has 0 spiro atoms. The Hall–Kier alpha value is -1.04. The zero-order valence-electron chi connectivity index (χ0n) is 11.9. The van der Waals surface area contributed by atoms with Gasteiger partial charge in [-0.3, -0.25) is 19.3 Å². The van der Waals surface area contributed by atoms with Gasteiger partial charge in [0.2, 0.25) is 11.8 Å². The molecule has 0 radical (unpaired) electrons. The van der Waals surface area contributed by atoms with E-state index >= 15 is 0 Å². The lowest BCUT2D eigenvalue weighted by Crippen LogP contribution is -2.34. The molecular weight excluding hydrogens is 266 g/mol. The second kappa shape index (κ2) is 6.41. The van der Waals surface area contributed by atoms with Gasteiger partial charge >= 0.3 is 5.97 Å². The predicted molar refractivity (Wildman–Crippen MR) is 73.7 cm³/mol. The normalized spacial score (nSPS) is 17.5. The Bertz CT molecular complexity index is 375. The Labute approximate surface area is 118 Å². The molecule has 0 aromatic carbocycles. The quantitative estimate of drug-likeness (QED) is 0.735. The van der Waals surface area contributed by atoms with Gasteiger partial charge in [-0.25, -0.2) is 0 Å². The van der Waals surface area contributed by atoms with E-state index in [0.29, 0.717) is 13.0 Å². The van der Waals surface area contributed by atoms with Gasteiger partial charge in [0.05, 0.1) is 5.75 Å². The number of carbonyl (C=O) groups excluding carboxylic acids is 3. The van der Waals surface area contributed by atoms with Crippen molar-refractivity contribution in [3.63, 3.8) is 0 Å². The van der Waals surface area contributed by atoms with Gasteiger partial charge in [0, 0.05) is 13.0 Å². The lowest BCUT2D eigenvalue weighted by Gasteiger charge is -2.22. The van der Waals surface area contributed by atoms with Crippen molar-refractivity contribution >= 4 is 29.5 Å². The van der Waals surface area contributed by atoms with Gasteiger partial charge < -0.3 is 4.74 Å². The molecule has 108 valence electrons. The summed E-state index contributed by atoms with van der Waals surface area (Å²) in [5.41, 5.74) is -0.527. The van der Waals surface area contributed by atoms with Crippen LogP contribution >= 0.6 is 11.8 Å². The third-order valence-electron chi connectivity index (χ3n) is 2.57. The molecule has 0 saturated carbocycles. The molecule has 1 aliphatic rings. The molecule has 1 rings (SSSR count). The standard InChI is InChI=1S/C13H21NO4S/c1-9(12(17)18-13(2,3)4)19-8-11(16)14-7-5-6-10(14)15/h9H,5-8H2,1-4H3/t9-/m0/s1. The Kier molecular flexibility index (Phi) is 5.40. The first-order valence-corrected chi connectivity index (χ1v) is 7.43. The van der Waals surface area contributed by atoms with Gasteiger partial charge in [-0.1, -0.05) is 0 Å². The van der Waals surface area contributed by atoms with Crippen molar-refractivity contribution in [2.75, 3.05) is 12.3 Å². The molecule has 6 heteroatoms. The Balaban J connectivity index is 2.37. The van der Waals surface area contributed by atoms with Crippen molar-refractivity contribution in [3.8, 4) is 0 Å². The smallest absolute Gasteiger partial charge is 0.319 e. The van der Waals surface area contributed by atoms with Crippen molar-refractivity contribution in [3.05, 3.63) is 0 Å². The van der Waals surface area contributed by atoms with E-state index in [2.05, 4.69) is 0 Å². The molecule has 1 atom stereocenters. The molecule has 0 unspecified atom stereocenters. The molecule has 0 aromatic rings. The van der Waals surface area contributed by atoms with Gasteiger partial charge in [0.15, 0.2) is 0 Å². The summed E-state index contributed by atoms with van der Waals surface area (Å²) < 4.78 is 5.23. The highest BCUT2D eigenvalue weighted by molar-refractivity contribution is 8.01. The van der Waals surface area contributed by atoms with Gasteiger partial charge in [0.25, 0.3) is 0 Å². The Morgan fingerprint density at radius 1 is 1.42 bits per heavy atom. The number of amides is 2. The SMILES string of the molecule is C[C@H](SCC(=O)N1CCCC1=O)C(=O)OC(C)(C)C. The molecule has 0 bridgehead atoms. The zero-order chi connectivity index (χ0) is 14.6. The summed E-state index contributed by atoms with van der Waals surface area (Å²) in [7, 11) is 0. The highest BCUT2D eigenvalue weighted by Crippen LogP contribution is 2.18. The zero-order valence-corrected chi connectivity index (χ0v) is 12.7. The minimum Gasteiger partial charge on any atom is -0.459 e. The van der Waals surface area contributed by atoms with E-state index in [0.717, 1.165) is 6.42 Å². The molecule has 1 fully saturated rings. The lowest BCUT2D eigenvalue weighted by atomic mass is 10.2. The van der Waals surface area contributed by atoms with Crippen LogP contribution in [-0.2, 0) is 19.1 Å². The topological polar surface area (TPSA) is 63.7 Å². The monoisotopic (exact) mass is 287 g/mol. The van der Waals surface area contributed by atoms with Crippen LogP contribution in [0.15, 0.2) is 0 Å².